The standard InChI is InChI=1S/C18H29FN2/c1-13(2)11-20-12-15-9-10-18(15)21(4)14(3)16-7-5-6-8-17(16)19/h5-8,13-15,18,20H,9-12H2,1-4H3. The van der Waals surface area contributed by atoms with Gasteiger partial charge in [0.05, 0.1) is 0 Å². The lowest BCUT2D eigenvalue weighted by molar-refractivity contribution is 0.0535. The summed E-state index contributed by atoms with van der Waals surface area (Å²) in [5.41, 5.74) is 0.806. The van der Waals surface area contributed by atoms with Crippen LogP contribution in [0.25, 0.3) is 0 Å². The highest BCUT2D eigenvalue weighted by Gasteiger charge is 2.35. The van der Waals surface area contributed by atoms with Crippen molar-refractivity contribution in [2.24, 2.45) is 11.8 Å². The van der Waals surface area contributed by atoms with Crippen LogP contribution >= 0.6 is 0 Å². The fraction of sp³-hybridized carbons (Fsp3) is 0.667. The van der Waals surface area contributed by atoms with Gasteiger partial charge in [0.2, 0.25) is 0 Å². The van der Waals surface area contributed by atoms with E-state index in [1.54, 1.807) is 12.1 Å². The van der Waals surface area contributed by atoms with Gasteiger partial charge in [-0.3, -0.25) is 4.90 Å². The minimum atomic E-state index is -0.0920. The predicted octanol–water partition coefficient (Wildman–Crippen LogP) is 3.84. The summed E-state index contributed by atoms with van der Waals surface area (Å²) >= 11 is 0. The van der Waals surface area contributed by atoms with Crippen LogP contribution in [0.3, 0.4) is 0 Å². The summed E-state index contributed by atoms with van der Waals surface area (Å²) in [5.74, 6) is 1.30. The normalized spacial score (nSPS) is 23.4. The zero-order valence-electron chi connectivity index (χ0n) is 13.8. The molecule has 2 rings (SSSR count). The SMILES string of the molecule is CC(C)CNCC1CCC1N(C)C(C)c1ccccc1F. The number of benzene rings is 1. The number of hydrogen-bond acceptors (Lipinski definition) is 2. The largest absolute Gasteiger partial charge is 0.316 e. The number of hydrogen-bond donors (Lipinski definition) is 1. The Balaban J connectivity index is 1.90. The molecular formula is C18H29FN2. The first-order valence-electron chi connectivity index (χ1n) is 8.17. The summed E-state index contributed by atoms with van der Waals surface area (Å²) in [6.07, 6.45) is 2.51. The van der Waals surface area contributed by atoms with E-state index in [0.29, 0.717) is 17.9 Å². The van der Waals surface area contributed by atoms with Gasteiger partial charge in [0.1, 0.15) is 5.82 Å². The van der Waals surface area contributed by atoms with E-state index >= 15 is 0 Å². The predicted molar refractivity (Wildman–Crippen MR) is 86.8 cm³/mol. The monoisotopic (exact) mass is 292 g/mol. The van der Waals surface area contributed by atoms with Crippen LogP contribution in [-0.4, -0.2) is 31.1 Å². The Labute approximate surface area is 128 Å². The number of nitrogens with one attached hydrogen (secondary N) is 1. The van der Waals surface area contributed by atoms with E-state index < -0.39 is 0 Å². The average molecular weight is 292 g/mol. The molecule has 1 N–H and O–H groups in total. The number of nitrogens with zero attached hydrogens (tertiary/aromatic N) is 1. The molecule has 0 aliphatic heterocycles. The molecule has 3 unspecified atom stereocenters. The average Bonchev–Trinajstić information content (AvgIpc) is 2.41. The van der Waals surface area contributed by atoms with Crippen molar-refractivity contribution in [3.8, 4) is 0 Å². The van der Waals surface area contributed by atoms with Crippen LogP contribution in [0.5, 0.6) is 0 Å². The van der Waals surface area contributed by atoms with Crippen LogP contribution < -0.4 is 5.32 Å². The maximum absolute atomic E-state index is 13.9. The topological polar surface area (TPSA) is 15.3 Å². The molecule has 0 spiro atoms. The summed E-state index contributed by atoms with van der Waals surface area (Å²) in [7, 11) is 2.14. The van der Waals surface area contributed by atoms with Crippen molar-refractivity contribution in [1.82, 2.24) is 10.2 Å². The summed E-state index contributed by atoms with van der Waals surface area (Å²) in [5, 5.41) is 3.56. The van der Waals surface area contributed by atoms with E-state index in [9.17, 15) is 4.39 Å². The molecule has 0 aromatic heterocycles. The molecule has 0 radical (unpaired) electrons. The summed E-state index contributed by atoms with van der Waals surface area (Å²) < 4.78 is 13.9. The summed E-state index contributed by atoms with van der Waals surface area (Å²) in [6.45, 7) is 8.73. The lowest BCUT2D eigenvalue weighted by Crippen LogP contribution is -2.50. The quantitative estimate of drug-likeness (QED) is 0.821. The maximum Gasteiger partial charge on any atom is 0.127 e. The fourth-order valence-electron chi connectivity index (χ4n) is 3.20. The van der Waals surface area contributed by atoms with Crippen LogP contribution in [0.4, 0.5) is 4.39 Å². The molecule has 3 heteroatoms. The summed E-state index contributed by atoms with van der Waals surface area (Å²) in [6, 6.07) is 7.84. The third-order valence-corrected chi connectivity index (χ3v) is 4.83. The van der Waals surface area contributed by atoms with Crippen LogP contribution in [0.15, 0.2) is 24.3 Å². The smallest absolute Gasteiger partial charge is 0.127 e. The first-order valence-corrected chi connectivity index (χ1v) is 8.17. The Morgan fingerprint density at radius 2 is 1.95 bits per heavy atom. The summed E-state index contributed by atoms with van der Waals surface area (Å²) in [4.78, 5) is 2.35. The van der Waals surface area contributed by atoms with Crippen LogP contribution in [0.2, 0.25) is 0 Å². The van der Waals surface area contributed by atoms with Gasteiger partial charge in [-0.25, -0.2) is 4.39 Å². The van der Waals surface area contributed by atoms with E-state index in [0.717, 1.165) is 18.7 Å². The van der Waals surface area contributed by atoms with Gasteiger partial charge in [0.25, 0.3) is 0 Å². The molecule has 21 heavy (non-hydrogen) atoms. The molecule has 1 aliphatic rings. The highest BCUT2D eigenvalue weighted by Crippen LogP contribution is 2.36. The van der Waals surface area contributed by atoms with E-state index in [-0.39, 0.29) is 11.9 Å². The van der Waals surface area contributed by atoms with Crippen LogP contribution in [0.1, 0.15) is 45.2 Å². The van der Waals surface area contributed by atoms with Crippen molar-refractivity contribution in [2.75, 3.05) is 20.1 Å². The van der Waals surface area contributed by atoms with Crippen molar-refractivity contribution in [1.29, 1.82) is 0 Å². The van der Waals surface area contributed by atoms with Gasteiger partial charge < -0.3 is 5.32 Å². The second-order valence-corrected chi connectivity index (χ2v) is 6.82. The number of halogens is 1. The van der Waals surface area contributed by atoms with E-state index in [2.05, 4.69) is 38.0 Å². The maximum atomic E-state index is 13.9. The van der Waals surface area contributed by atoms with E-state index in [1.807, 2.05) is 12.1 Å². The molecule has 1 aliphatic carbocycles. The van der Waals surface area contributed by atoms with E-state index in [1.165, 1.54) is 12.8 Å². The molecule has 118 valence electrons. The molecule has 0 amide bonds. The Morgan fingerprint density at radius 3 is 2.52 bits per heavy atom. The van der Waals surface area contributed by atoms with E-state index in [4.69, 9.17) is 0 Å². The Hall–Kier alpha value is -0.930. The number of rotatable bonds is 7. The molecular weight excluding hydrogens is 263 g/mol. The highest BCUT2D eigenvalue weighted by molar-refractivity contribution is 5.21. The zero-order valence-corrected chi connectivity index (χ0v) is 13.8. The Morgan fingerprint density at radius 1 is 1.24 bits per heavy atom. The second-order valence-electron chi connectivity index (χ2n) is 6.82. The highest BCUT2D eigenvalue weighted by atomic mass is 19.1. The van der Waals surface area contributed by atoms with Crippen molar-refractivity contribution < 1.29 is 4.39 Å². The van der Waals surface area contributed by atoms with Gasteiger partial charge in [-0.15, -0.1) is 0 Å². The first-order chi connectivity index (χ1) is 10.0. The molecule has 0 bridgehead atoms. The van der Waals surface area contributed by atoms with Crippen LogP contribution in [-0.2, 0) is 0 Å². The van der Waals surface area contributed by atoms with Gasteiger partial charge >= 0.3 is 0 Å². The first kappa shape index (κ1) is 16.4. The van der Waals surface area contributed by atoms with Gasteiger partial charge in [-0.1, -0.05) is 32.0 Å². The van der Waals surface area contributed by atoms with Crippen molar-refractivity contribution in [3.63, 3.8) is 0 Å². The van der Waals surface area contributed by atoms with Crippen molar-refractivity contribution in [2.45, 2.75) is 45.7 Å². The van der Waals surface area contributed by atoms with Gasteiger partial charge in [-0.05, 0) is 57.8 Å². The van der Waals surface area contributed by atoms with Crippen molar-refractivity contribution in [3.05, 3.63) is 35.6 Å². The molecule has 1 aromatic rings. The molecule has 3 atom stereocenters. The van der Waals surface area contributed by atoms with Gasteiger partial charge in [0.15, 0.2) is 0 Å². The second kappa shape index (κ2) is 7.37. The van der Waals surface area contributed by atoms with Gasteiger partial charge in [0, 0.05) is 17.6 Å². The molecule has 0 saturated heterocycles. The third-order valence-electron chi connectivity index (χ3n) is 4.83. The minimum Gasteiger partial charge on any atom is -0.316 e. The Kier molecular flexibility index (Phi) is 5.77. The van der Waals surface area contributed by atoms with Gasteiger partial charge in [-0.2, -0.15) is 0 Å². The fourth-order valence-corrected chi connectivity index (χ4v) is 3.20. The molecule has 1 saturated carbocycles. The minimum absolute atomic E-state index is 0.0920. The molecule has 1 aromatic carbocycles. The van der Waals surface area contributed by atoms with Crippen molar-refractivity contribution >= 4 is 0 Å². The third kappa shape index (κ3) is 4.04. The lowest BCUT2D eigenvalue weighted by atomic mass is 9.77. The zero-order chi connectivity index (χ0) is 15.4. The molecule has 1 fully saturated rings. The van der Waals surface area contributed by atoms with Crippen LogP contribution in [0, 0.1) is 17.7 Å². The molecule has 0 heterocycles. The lowest BCUT2D eigenvalue weighted by Gasteiger charge is -2.45. The molecule has 2 nitrogen and oxygen atoms in total. The Bertz CT molecular complexity index is 447.